The van der Waals surface area contributed by atoms with Crippen molar-refractivity contribution in [3.63, 3.8) is 0 Å². The van der Waals surface area contributed by atoms with Gasteiger partial charge < -0.3 is 5.73 Å². The molecule has 0 saturated heterocycles. The van der Waals surface area contributed by atoms with Gasteiger partial charge in [0, 0.05) is 0 Å². The van der Waals surface area contributed by atoms with Crippen molar-refractivity contribution in [2.75, 3.05) is 0 Å². The summed E-state index contributed by atoms with van der Waals surface area (Å²) in [7, 11) is 0. The molecule has 0 bridgehead atoms. The van der Waals surface area contributed by atoms with E-state index in [2.05, 4.69) is 0 Å². The molecule has 2 rings (SSSR count). The number of nitrogens with two attached hydrogens (primary N) is 1. The first kappa shape index (κ1) is 11.3. The van der Waals surface area contributed by atoms with E-state index in [1.165, 1.54) is 12.1 Å². The first-order valence-electron chi connectivity index (χ1n) is 5.14. The van der Waals surface area contributed by atoms with Crippen LogP contribution >= 0.6 is 11.3 Å². The number of aryl methyl sites for hydroxylation is 2. The maximum atomic E-state index is 13.2. The van der Waals surface area contributed by atoms with Crippen LogP contribution in [0.4, 0.5) is 4.39 Å². The van der Waals surface area contributed by atoms with Gasteiger partial charge in [-0.25, -0.2) is 4.39 Å². The maximum Gasteiger partial charge on any atom is 0.123 e. The summed E-state index contributed by atoms with van der Waals surface area (Å²) in [5.74, 6) is -0.198. The van der Waals surface area contributed by atoms with Gasteiger partial charge in [0.05, 0.1) is 6.04 Å². The molecule has 0 fully saturated rings. The van der Waals surface area contributed by atoms with E-state index in [1.807, 2.05) is 30.7 Å². The van der Waals surface area contributed by atoms with Crippen LogP contribution in [-0.4, -0.2) is 0 Å². The van der Waals surface area contributed by atoms with Gasteiger partial charge in [-0.2, -0.15) is 11.3 Å². The zero-order chi connectivity index (χ0) is 11.7. The van der Waals surface area contributed by atoms with Crippen molar-refractivity contribution in [2.24, 2.45) is 5.73 Å². The summed E-state index contributed by atoms with van der Waals surface area (Å²) >= 11 is 1.62. The summed E-state index contributed by atoms with van der Waals surface area (Å²) in [4.78, 5) is 0. The standard InChI is InChI=1S/C13H14FNS/c1-8-5-11(14)6-9(2)12(8)13(15)10-3-4-16-7-10/h3-7,13H,15H2,1-2H3. The Balaban J connectivity index is 2.48. The molecule has 16 heavy (non-hydrogen) atoms. The lowest BCUT2D eigenvalue weighted by Gasteiger charge is -2.16. The van der Waals surface area contributed by atoms with Crippen molar-refractivity contribution < 1.29 is 4.39 Å². The van der Waals surface area contributed by atoms with Crippen molar-refractivity contribution in [3.8, 4) is 0 Å². The monoisotopic (exact) mass is 235 g/mol. The normalized spacial score (nSPS) is 12.8. The van der Waals surface area contributed by atoms with Crippen molar-refractivity contribution in [1.82, 2.24) is 0 Å². The molecule has 3 heteroatoms. The van der Waals surface area contributed by atoms with Crippen LogP contribution in [0.1, 0.15) is 28.3 Å². The molecule has 1 heterocycles. The smallest absolute Gasteiger partial charge is 0.123 e. The maximum absolute atomic E-state index is 13.2. The van der Waals surface area contributed by atoms with Gasteiger partial charge in [-0.15, -0.1) is 0 Å². The van der Waals surface area contributed by atoms with Gasteiger partial charge in [-0.3, -0.25) is 0 Å². The number of halogens is 1. The summed E-state index contributed by atoms with van der Waals surface area (Å²) in [5.41, 5.74) is 10.1. The molecular weight excluding hydrogens is 221 g/mol. The molecule has 1 aromatic carbocycles. The van der Waals surface area contributed by atoms with E-state index in [4.69, 9.17) is 5.73 Å². The van der Waals surface area contributed by atoms with Gasteiger partial charge in [0.25, 0.3) is 0 Å². The quantitative estimate of drug-likeness (QED) is 0.846. The van der Waals surface area contributed by atoms with Crippen LogP contribution in [-0.2, 0) is 0 Å². The van der Waals surface area contributed by atoms with Gasteiger partial charge >= 0.3 is 0 Å². The second-order valence-corrected chi connectivity index (χ2v) is 4.77. The van der Waals surface area contributed by atoms with Crippen LogP contribution in [0.2, 0.25) is 0 Å². The van der Waals surface area contributed by atoms with E-state index in [9.17, 15) is 4.39 Å². The highest BCUT2D eigenvalue weighted by Gasteiger charge is 2.15. The Morgan fingerprint density at radius 3 is 2.38 bits per heavy atom. The Hall–Kier alpha value is -1.19. The molecule has 0 aliphatic heterocycles. The molecule has 1 atom stereocenters. The van der Waals surface area contributed by atoms with E-state index in [-0.39, 0.29) is 11.9 Å². The Bertz CT molecular complexity index is 468. The third kappa shape index (κ3) is 2.01. The SMILES string of the molecule is Cc1cc(F)cc(C)c1C(N)c1ccsc1. The van der Waals surface area contributed by atoms with Crippen molar-refractivity contribution >= 4 is 11.3 Å². The molecule has 0 aliphatic rings. The summed E-state index contributed by atoms with van der Waals surface area (Å²) in [6, 6.07) is 4.92. The second-order valence-electron chi connectivity index (χ2n) is 3.99. The molecule has 2 aromatic rings. The summed E-state index contributed by atoms with van der Waals surface area (Å²) in [6.45, 7) is 3.80. The van der Waals surface area contributed by atoms with Crippen LogP contribution in [0.15, 0.2) is 29.0 Å². The van der Waals surface area contributed by atoms with E-state index < -0.39 is 0 Å². The predicted octanol–water partition coefficient (Wildman–Crippen LogP) is 3.55. The minimum atomic E-state index is -0.198. The van der Waals surface area contributed by atoms with Crippen LogP contribution in [0.5, 0.6) is 0 Å². The Morgan fingerprint density at radius 1 is 1.25 bits per heavy atom. The lowest BCUT2D eigenvalue weighted by molar-refractivity contribution is 0.623. The molecule has 0 saturated carbocycles. The molecule has 1 unspecified atom stereocenters. The summed E-state index contributed by atoms with van der Waals surface area (Å²) in [6.07, 6.45) is 0. The second kappa shape index (κ2) is 4.36. The molecule has 84 valence electrons. The molecule has 1 aromatic heterocycles. The fourth-order valence-corrected chi connectivity index (χ4v) is 2.73. The average Bonchev–Trinajstić information content (AvgIpc) is 2.67. The molecule has 0 amide bonds. The van der Waals surface area contributed by atoms with Crippen molar-refractivity contribution in [3.05, 3.63) is 57.0 Å². The molecular formula is C13H14FNS. The molecule has 0 spiro atoms. The molecule has 0 aliphatic carbocycles. The molecule has 1 nitrogen and oxygen atoms in total. The number of thiophene rings is 1. The number of hydrogen-bond donors (Lipinski definition) is 1. The zero-order valence-electron chi connectivity index (χ0n) is 9.33. The number of hydrogen-bond acceptors (Lipinski definition) is 2. The van der Waals surface area contributed by atoms with E-state index >= 15 is 0 Å². The molecule has 2 N–H and O–H groups in total. The first-order valence-corrected chi connectivity index (χ1v) is 6.08. The fraction of sp³-hybridized carbons (Fsp3) is 0.231. The highest BCUT2D eigenvalue weighted by Crippen LogP contribution is 2.27. The van der Waals surface area contributed by atoms with Crippen LogP contribution in [0.25, 0.3) is 0 Å². The zero-order valence-corrected chi connectivity index (χ0v) is 10.1. The highest BCUT2D eigenvalue weighted by atomic mass is 32.1. The summed E-state index contributed by atoms with van der Waals surface area (Å²) in [5, 5.41) is 4.04. The van der Waals surface area contributed by atoms with E-state index in [0.717, 1.165) is 22.3 Å². The third-order valence-corrected chi connectivity index (χ3v) is 3.47. The Labute approximate surface area is 98.7 Å². The van der Waals surface area contributed by atoms with Gasteiger partial charge in [-0.1, -0.05) is 0 Å². The number of rotatable bonds is 2. The number of benzene rings is 1. The first-order chi connectivity index (χ1) is 7.59. The van der Waals surface area contributed by atoms with Crippen LogP contribution in [0.3, 0.4) is 0 Å². The Morgan fingerprint density at radius 2 is 1.88 bits per heavy atom. The van der Waals surface area contributed by atoms with Gasteiger partial charge in [0.15, 0.2) is 0 Å². The van der Waals surface area contributed by atoms with E-state index in [0.29, 0.717) is 0 Å². The van der Waals surface area contributed by atoms with Gasteiger partial charge in [0.2, 0.25) is 0 Å². The van der Waals surface area contributed by atoms with Crippen LogP contribution in [0, 0.1) is 19.7 Å². The summed E-state index contributed by atoms with van der Waals surface area (Å²) < 4.78 is 13.2. The van der Waals surface area contributed by atoms with Gasteiger partial charge in [0.1, 0.15) is 5.82 Å². The van der Waals surface area contributed by atoms with Crippen LogP contribution < -0.4 is 5.73 Å². The van der Waals surface area contributed by atoms with Crippen molar-refractivity contribution in [2.45, 2.75) is 19.9 Å². The lowest BCUT2D eigenvalue weighted by atomic mass is 9.93. The fourth-order valence-electron chi connectivity index (χ4n) is 2.03. The minimum Gasteiger partial charge on any atom is -0.320 e. The topological polar surface area (TPSA) is 26.0 Å². The van der Waals surface area contributed by atoms with E-state index in [1.54, 1.807) is 11.3 Å². The largest absolute Gasteiger partial charge is 0.320 e. The third-order valence-electron chi connectivity index (χ3n) is 2.77. The van der Waals surface area contributed by atoms with Crippen molar-refractivity contribution in [1.29, 1.82) is 0 Å². The Kier molecular flexibility index (Phi) is 3.08. The molecule has 0 radical (unpaired) electrons. The predicted molar refractivity (Wildman–Crippen MR) is 66.2 cm³/mol. The van der Waals surface area contributed by atoms with Gasteiger partial charge in [-0.05, 0) is 65.1 Å². The lowest BCUT2D eigenvalue weighted by Crippen LogP contribution is -2.14. The highest BCUT2D eigenvalue weighted by molar-refractivity contribution is 7.08. The minimum absolute atomic E-state index is 0.160. The average molecular weight is 235 g/mol.